The van der Waals surface area contributed by atoms with Crippen LogP contribution in [0.15, 0.2) is 52.2 Å². The van der Waals surface area contributed by atoms with Crippen LogP contribution in [0.25, 0.3) is 11.2 Å². The van der Waals surface area contributed by atoms with Gasteiger partial charge in [0.1, 0.15) is 11.5 Å². The number of aromatic nitrogens is 5. The van der Waals surface area contributed by atoms with E-state index in [1.807, 2.05) is 13.0 Å². The summed E-state index contributed by atoms with van der Waals surface area (Å²) in [5.74, 6) is -0.530. The molecule has 0 bridgehead atoms. The fourth-order valence-electron chi connectivity index (χ4n) is 3.60. The summed E-state index contributed by atoms with van der Waals surface area (Å²) in [6.07, 6.45) is -3.06. The summed E-state index contributed by atoms with van der Waals surface area (Å²) < 4.78 is 51.3. The molecule has 0 atom stereocenters. The van der Waals surface area contributed by atoms with Gasteiger partial charge in [0.2, 0.25) is 0 Å². The van der Waals surface area contributed by atoms with Crippen LogP contribution in [0.5, 0.6) is 17.5 Å². The van der Waals surface area contributed by atoms with Crippen molar-refractivity contribution >= 4 is 11.2 Å². The van der Waals surface area contributed by atoms with Crippen LogP contribution in [0, 0.1) is 6.92 Å². The van der Waals surface area contributed by atoms with Crippen molar-refractivity contribution in [2.45, 2.75) is 32.8 Å². The molecule has 0 radical (unpaired) electrons. The number of pyridine rings is 1. The van der Waals surface area contributed by atoms with Gasteiger partial charge in [-0.25, -0.2) is 4.79 Å². The summed E-state index contributed by atoms with van der Waals surface area (Å²) >= 11 is 0. The van der Waals surface area contributed by atoms with Crippen molar-refractivity contribution in [2.75, 3.05) is 6.61 Å². The lowest BCUT2D eigenvalue weighted by Gasteiger charge is -2.12. The number of halogens is 3. The summed E-state index contributed by atoms with van der Waals surface area (Å²) in [5, 5.41) is 9.17. The zero-order chi connectivity index (χ0) is 26.0. The first-order valence-electron chi connectivity index (χ1n) is 10.8. The van der Waals surface area contributed by atoms with Gasteiger partial charge in [0.15, 0.2) is 11.2 Å². The van der Waals surface area contributed by atoms with Gasteiger partial charge in [-0.1, -0.05) is 12.1 Å². The minimum absolute atomic E-state index is 0.0150. The molecule has 13 heteroatoms. The highest BCUT2D eigenvalue weighted by Crippen LogP contribution is 2.30. The highest BCUT2D eigenvalue weighted by atomic mass is 19.4. The van der Waals surface area contributed by atoms with Crippen LogP contribution in [0.1, 0.15) is 17.7 Å². The topological polar surface area (TPSA) is 113 Å². The number of benzene rings is 1. The molecule has 0 amide bonds. The number of hydrogen-bond donors (Lipinski definition) is 1. The average molecular weight is 505 g/mol. The Morgan fingerprint density at radius 1 is 1.08 bits per heavy atom. The van der Waals surface area contributed by atoms with Crippen LogP contribution in [-0.2, 0) is 20.1 Å². The van der Waals surface area contributed by atoms with Gasteiger partial charge >= 0.3 is 18.1 Å². The van der Waals surface area contributed by atoms with E-state index < -0.39 is 23.4 Å². The summed E-state index contributed by atoms with van der Waals surface area (Å²) in [6, 6.07) is 8.29. The molecule has 0 aliphatic heterocycles. The zero-order valence-corrected chi connectivity index (χ0v) is 19.3. The molecular weight excluding hydrogens is 483 g/mol. The van der Waals surface area contributed by atoms with Crippen LogP contribution in [-0.4, -0.2) is 41.7 Å². The van der Waals surface area contributed by atoms with E-state index >= 15 is 0 Å². The molecule has 190 valence electrons. The van der Waals surface area contributed by atoms with Gasteiger partial charge in [-0.05, 0) is 37.1 Å². The van der Waals surface area contributed by atoms with Crippen molar-refractivity contribution in [1.82, 2.24) is 23.7 Å². The Morgan fingerprint density at radius 3 is 2.50 bits per heavy atom. The lowest BCUT2D eigenvalue weighted by molar-refractivity contribution is -0.274. The van der Waals surface area contributed by atoms with Crippen molar-refractivity contribution in [3.8, 4) is 17.5 Å². The smallest absolute Gasteiger partial charge is 0.425 e. The van der Waals surface area contributed by atoms with Crippen LogP contribution >= 0.6 is 0 Å². The van der Waals surface area contributed by atoms with E-state index in [1.165, 1.54) is 28.3 Å². The van der Waals surface area contributed by atoms with Crippen molar-refractivity contribution in [3.63, 3.8) is 0 Å². The van der Waals surface area contributed by atoms with Gasteiger partial charge in [0.05, 0.1) is 12.2 Å². The monoisotopic (exact) mass is 505 g/mol. The van der Waals surface area contributed by atoms with Gasteiger partial charge in [-0.15, -0.1) is 13.2 Å². The quantitative estimate of drug-likeness (QED) is 0.392. The number of ether oxygens (including phenoxy) is 2. The number of imidazole rings is 1. The molecule has 0 saturated heterocycles. The SMILES string of the molecule is Cc1ccc(Cn2c(Oc3cccc(OC(F)(F)F)c3)nc3c2c(=O)n(CCCO)c(=O)n3C)nc1. The second kappa shape index (κ2) is 9.85. The number of aliphatic hydroxyl groups is 1. The highest BCUT2D eigenvalue weighted by molar-refractivity contribution is 5.72. The molecule has 0 saturated carbocycles. The predicted molar refractivity (Wildman–Crippen MR) is 122 cm³/mol. The molecule has 1 aromatic carbocycles. The molecule has 1 N–H and O–H groups in total. The van der Waals surface area contributed by atoms with Gasteiger partial charge in [-0.2, -0.15) is 4.98 Å². The first-order valence-corrected chi connectivity index (χ1v) is 10.8. The van der Waals surface area contributed by atoms with Crippen molar-refractivity contribution in [1.29, 1.82) is 0 Å². The molecule has 0 aliphatic rings. The summed E-state index contributed by atoms with van der Waals surface area (Å²) in [6.45, 7) is 1.66. The lowest BCUT2D eigenvalue weighted by Crippen LogP contribution is -2.39. The third kappa shape index (κ3) is 5.25. The number of nitrogens with zero attached hydrogens (tertiary/aromatic N) is 5. The van der Waals surface area contributed by atoms with E-state index in [9.17, 15) is 27.9 Å². The second-order valence-electron chi connectivity index (χ2n) is 7.98. The molecule has 0 unspecified atom stereocenters. The van der Waals surface area contributed by atoms with E-state index in [0.29, 0.717) is 5.69 Å². The second-order valence-corrected chi connectivity index (χ2v) is 7.98. The van der Waals surface area contributed by atoms with Gasteiger partial charge in [-0.3, -0.25) is 23.5 Å². The van der Waals surface area contributed by atoms with Gasteiger partial charge in [0, 0.05) is 32.5 Å². The van der Waals surface area contributed by atoms with E-state index in [-0.39, 0.29) is 49.0 Å². The summed E-state index contributed by atoms with van der Waals surface area (Å²) in [4.78, 5) is 34.8. The Balaban J connectivity index is 1.87. The zero-order valence-electron chi connectivity index (χ0n) is 19.3. The molecule has 4 rings (SSSR count). The van der Waals surface area contributed by atoms with Crippen LogP contribution in [0.2, 0.25) is 0 Å². The first kappa shape index (κ1) is 25.0. The molecule has 3 heterocycles. The minimum atomic E-state index is -4.89. The van der Waals surface area contributed by atoms with E-state index in [2.05, 4.69) is 14.7 Å². The maximum Gasteiger partial charge on any atom is 0.573 e. The largest absolute Gasteiger partial charge is 0.573 e. The molecule has 10 nitrogen and oxygen atoms in total. The average Bonchev–Trinajstić information content (AvgIpc) is 3.16. The number of aryl methyl sites for hydroxylation is 2. The maximum absolute atomic E-state index is 13.3. The molecule has 0 aliphatic carbocycles. The Morgan fingerprint density at radius 2 is 1.83 bits per heavy atom. The van der Waals surface area contributed by atoms with E-state index in [0.717, 1.165) is 22.3 Å². The Bertz CT molecular complexity index is 1510. The normalized spacial score (nSPS) is 11.7. The Labute approximate surface area is 201 Å². The summed E-state index contributed by atoms with van der Waals surface area (Å²) in [5.41, 5.74) is 0.247. The molecule has 3 aromatic heterocycles. The summed E-state index contributed by atoms with van der Waals surface area (Å²) in [7, 11) is 1.43. The van der Waals surface area contributed by atoms with Crippen molar-refractivity contribution in [2.24, 2.45) is 7.05 Å². The van der Waals surface area contributed by atoms with E-state index in [1.54, 1.807) is 12.3 Å². The third-order valence-corrected chi connectivity index (χ3v) is 5.28. The third-order valence-electron chi connectivity index (χ3n) is 5.28. The number of fused-ring (bicyclic) bond motifs is 1. The van der Waals surface area contributed by atoms with Crippen LogP contribution < -0.4 is 20.7 Å². The highest BCUT2D eigenvalue weighted by Gasteiger charge is 2.31. The number of aliphatic hydroxyl groups excluding tert-OH is 1. The number of alkyl halides is 3. The van der Waals surface area contributed by atoms with Gasteiger partial charge < -0.3 is 14.6 Å². The van der Waals surface area contributed by atoms with Gasteiger partial charge in [0.25, 0.3) is 5.56 Å². The predicted octanol–water partition coefficient (Wildman–Crippen LogP) is 2.72. The lowest BCUT2D eigenvalue weighted by atomic mass is 10.3. The number of hydrogen-bond acceptors (Lipinski definition) is 7. The fourth-order valence-corrected chi connectivity index (χ4v) is 3.60. The Kier molecular flexibility index (Phi) is 6.84. The Hall–Kier alpha value is -4.13. The standard InChI is InChI=1S/C23H22F3N5O5/c1-14-7-8-15(27-12-14)13-31-18-19(29(2)22(34)30(20(18)33)9-4-10-32)28-21(31)35-16-5-3-6-17(11-16)36-23(24,25)26/h3,5-8,11-12,32H,4,9-10,13H2,1-2H3. The first-order chi connectivity index (χ1) is 17.1. The molecule has 0 fully saturated rings. The number of rotatable bonds is 8. The van der Waals surface area contributed by atoms with Crippen molar-refractivity contribution in [3.05, 3.63) is 74.7 Å². The minimum Gasteiger partial charge on any atom is -0.425 e. The molecular formula is C23H22F3N5O5. The van der Waals surface area contributed by atoms with Crippen molar-refractivity contribution < 1.29 is 27.8 Å². The maximum atomic E-state index is 13.3. The van der Waals surface area contributed by atoms with Crippen LogP contribution in [0.4, 0.5) is 13.2 Å². The molecule has 36 heavy (non-hydrogen) atoms. The van der Waals surface area contributed by atoms with E-state index in [4.69, 9.17) is 4.74 Å². The fraction of sp³-hybridized carbons (Fsp3) is 0.304. The molecule has 0 spiro atoms. The van der Waals surface area contributed by atoms with Crippen LogP contribution in [0.3, 0.4) is 0 Å². The molecule has 4 aromatic rings.